The number of aromatic nitrogens is 3. The molecule has 0 unspecified atom stereocenters. The molecule has 2 N–H and O–H groups in total. The van der Waals surface area contributed by atoms with Gasteiger partial charge in [-0.15, -0.1) is 5.10 Å². The highest BCUT2D eigenvalue weighted by molar-refractivity contribution is 9.10. The van der Waals surface area contributed by atoms with E-state index in [0.717, 1.165) is 6.07 Å². The van der Waals surface area contributed by atoms with Gasteiger partial charge in [0.05, 0.1) is 22.9 Å². The van der Waals surface area contributed by atoms with Gasteiger partial charge in [-0.3, -0.25) is 0 Å². The second-order valence-electron chi connectivity index (χ2n) is 3.84. The van der Waals surface area contributed by atoms with E-state index in [1.165, 1.54) is 16.9 Å². The van der Waals surface area contributed by atoms with E-state index in [-0.39, 0.29) is 28.9 Å². The smallest absolute Gasteiger partial charge is 0.358 e. The molecule has 1 aromatic heterocycles. The maximum atomic E-state index is 13.4. The molecule has 0 saturated carbocycles. The van der Waals surface area contributed by atoms with Crippen molar-refractivity contribution in [1.29, 1.82) is 0 Å². The summed E-state index contributed by atoms with van der Waals surface area (Å²) in [6, 6.07) is 2.05. The maximum Gasteiger partial charge on any atom is 0.358 e. The second kappa shape index (κ2) is 5.95. The number of carbonyl (C=O) groups is 1. The van der Waals surface area contributed by atoms with Gasteiger partial charge in [0.15, 0.2) is 5.69 Å². The Labute approximate surface area is 120 Å². The summed E-state index contributed by atoms with van der Waals surface area (Å²) < 4.78 is 27.9. The predicted molar refractivity (Wildman–Crippen MR) is 69.5 cm³/mol. The molecule has 0 saturated heterocycles. The van der Waals surface area contributed by atoms with Gasteiger partial charge < -0.3 is 10.4 Å². The average Bonchev–Trinajstić information content (AvgIpc) is 2.84. The van der Waals surface area contributed by atoms with Crippen LogP contribution in [0.15, 0.2) is 22.8 Å². The Hall–Kier alpha value is -2.03. The van der Waals surface area contributed by atoms with Gasteiger partial charge in [0.25, 0.3) is 0 Å². The highest BCUT2D eigenvalue weighted by Gasteiger charge is 2.09. The fraction of sp³-hybridized carbons (Fsp3) is 0.182. The molecule has 0 aliphatic rings. The van der Waals surface area contributed by atoms with E-state index in [1.807, 2.05) is 0 Å². The molecular formula is C11H9BrF2N4O2. The summed E-state index contributed by atoms with van der Waals surface area (Å²) >= 11 is 2.96. The van der Waals surface area contributed by atoms with Crippen molar-refractivity contribution in [2.24, 2.45) is 0 Å². The number of hydrogen-bond donors (Lipinski definition) is 2. The molecule has 0 radical (unpaired) electrons. The van der Waals surface area contributed by atoms with Crippen LogP contribution in [0, 0.1) is 11.6 Å². The van der Waals surface area contributed by atoms with Crippen molar-refractivity contribution in [1.82, 2.24) is 15.0 Å². The summed E-state index contributed by atoms with van der Waals surface area (Å²) in [7, 11) is 0. The number of halogens is 3. The van der Waals surface area contributed by atoms with E-state index >= 15 is 0 Å². The van der Waals surface area contributed by atoms with Crippen LogP contribution in [-0.2, 0) is 6.54 Å². The van der Waals surface area contributed by atoms with Crippen molar-refractivity contribution < 1.29 is 18.7 Å². The van der Waals surface area contributed by atoms with Gasteiger partial charge in [-0.2, -0.15) is 0 Å². The van der Waals surface area contributed by atoms with Gasteiger partial charge in [-0.1, -0.05) is 5.21 Å². The number of nitrogens with one attached hydrogen (secondary N) is 1. The number of carboxylic acid groups (broad SMARTS) is 1. The van der Waals surface area contributed by atoms with Crippen LogP contribution in [0.2, 0.25) is 0 Å². The normalized spacial score (nSPS) is 10.6. The molecule has 0 bridgehead atoms. The van der Waals surface area contributed by atoms with Crippen LogP contribution in [0.4, 0.5) is 14.5 Å². The number of hydrogen-bond acceptors (Lipinski definition) is 4. The van der Waals surface area contributed by atoms with Crippen LogP contribution in [0.5, 0.6) is 0 Å². The lowest BCUT2D eigenvalue weighted by molar-refractivity contribution is 0.0690. The first-order valence-corrected chi connectivity index (χ1v) is 6.28. The molecule has 0 amide bonds. The molecule has 2 aromatic rings. The Kier molecular flexibility index (Phi) is 4.28. The van der Waals surface area contributed by atoms with Crippen LogP contribution >= 0.6 is 15.9 Å². The Bertz CT molecular complexity index is 647. The van der Waals surface area contributed by atoms with Crippen molar-refractivity contribution in [3.05, 3.63) is 40.1 Å². The van der Waals surface area contributed by atoms with Crippen molar-refractivity contribution in [2.75, 3.05) is 11.9 Å². The molecule has 20 heavy (non-hydrogen) atoms. The Morgan fingerprint density at radius 2 is 2.15 bits per heavy atom. The van der Waals surface area contributed by atoms with Crippen LogP contribution < -0.4 is 5.32 Å². The molecular weight excluding hydrogens is 338 g/mol. The molecule has 2 rings (SSSR count). The molecule has 1 aromatic carbocycles. The summed E-state index contributed by atoms with van der Waals surface area (Å²) in [6.45, 7) is 0.562. The van der Waals surface area contributed by atoms with E-state index in [4.69, 9.17) is 5.11 Å². The number of anilines is 1. The third-order valence-corrected chi connectivity index (χ3v) is 3.03. The van der Waals surface area contributed by atoms with Gasteiger partial charge in [0.2, 0.25) is 0 Å². The first-order valence-electron chi connectivity index (χ1n) is 5.49. The summed E-state index contributed by atoms with van der Waals surface area (Å²) in [5, 5.41) is 18.5. The number of nitrogens with zero attached hydrogens (tertiary/aromatic N) is 3. The van der Waals surface area contributed by atoms with E-state index in [1.54, 1.807) is 0 Å². The van der Waals surface area contributed by atoms with Gasteiger partial charge in [0, 0.05) is 12.6 Å². The van der Waals surface area contributed by atoms with Gasteiger partial charge in [-0.05, 0) is 22.0 Å². The van der Waals surface area contributed by atoms with E-state index in [2.05, 4.69) is 31.6 Å². The standard InChI is InChI=1S/C11H9BrF2N4O2/c12-6-3-9(8(14)4-7(6)13)15-1-2-18-5-10(11(19)20)16-17-18/h3-5,15H,1-2H2,(H,19,20). The van der Waals surface area contributed by atoms with Crippen molar-refractivity contribution >= 4 is 27.6 Å². The monoisotopic (exact) mass is 346 g/mol. The molecule has 106 valence electrons. The Morgan fingerprint density at radius 1 is 1.40 bits per heavy atom. The average molecular weight is 347 g/mol. The van der Waals surface area contributed by atoms with Crippen molar-refractivity contribution in [3.63, 3.8) is 0 Å². The third kappa shape index (κ3) is 3.29. The minimum Gasteiger partial charge on any atom is -0.476 e. The minimum atomic E-state index is -1.17. The lowest BCUT2D eigenvalue weighted by Gasteiger charge is -2.08. The maximum absolute atomic E-state index is 13.4. The lowest BCUT2D eigenvalue weighted by atomic mass is 10.3. The van der Waals surface area contributed by atoms with Crippen molar-refractivity contribution in [2.45, 2.75) is 6.54 Å². The fourth-order valence-electron chi connectivity index (χ4n) is 1.47. The zero-order chi connectivity index (χ0) is 14.7. The Morgan fingerprint density at radius 3 is 2.80 bits per heavy atom. The van der Waals surface area contributed by atoms with Crippen molar-refractivity contribution in [3.8, 4) is 0 Å². The van der Waals surface area contributed by atoms with Gasteiger partial charge >= 0.3 is 5.97 Å². The minimum absolute atomic E-state index is 0.136. The molecule has 9 heteroatoms. The van der Waals surface area contributed by atoms with Gasteiger partial charge in [0.1, 0.15) is 11.6 Å². The molecule has 1 heterocycles. The summed E-state index contributed by atoms with van der Waals surface area (Å²) in [6.07, 6.45) is 1.26. The largest absolute Gasteiger partial charge is 0.476 e. The molecule has 0 aliphatic heterocycles. The predicted octanol–water partition coefficient (Wildman–Crippen LogP) is 2.13. The highest BCUT2D eigenvalue weighted by Crippen LogP contribution is 2.23. The number of rotatable bonds is 5. The first-order chi connectivity index (χ1) is 9.47. The SMILES string of the molecule is O=C(O)c1cn(CCNc2cc(Br)c(F)cc2F)nn1. The van der Waals surface area contributed by atoms with E-state index in [9.17, 15) is 13.6 Å². The summed E-state index contributed by atoms with van der Waals surface area (Å²) in [5.41, 5.74) is -0.0300. The van der Waals surface area contributed by atoms with Crippen LogP contribution in [0.3, 0.4) is 0 Å². The van der Waals surface area contributed by atoms with Crippen LogP contribution in [0.1, 0.15) is 10.5 Å². The summed E-state index contributed by atoms with van der Waals surface area (Å²) in [4.78, 5) is 10.6. The molecule has 0 spiro atoms. The number of carboxylic acids is 1. The molecule has 6 nitrogen and oxygen atoms in total. The van der Waals surface area contributed by atoms with Crippen LogP contribution in [0.25, 0.3) is 0 Å². The molecule has 0 fully saturated rings. The third-order valence-electron chi connectivity index (χ3n) is 2.42. The fourth-order valence-corrected chi connectivity index (χ4v) is 1.81. The Balaban J connectivity index is 1.95. The van der Waals surface area contributed by atoms with Crippen LogP contribution in [-0.4, -0.2) is 32.6 Å². The topological polar surface area (TPSA) is 80.0 Å². The molecule has 0 aliphatic carbocycles. The molecule has 0 atom stereocenters. The van der Waals surface area contributed by atoms with Gasteiger partial charge in [-0.25, -0.2) is 18.3 Å². The summed E-state index contributed by atoms with van der Waals surface area (Å²) in [5.74, 6) is -2.57. The quantitative estimate of drug-likeness (QED) is 0.810. The zero-order valence-corrected chi connectivity index (χ0v) is 11.6. The van der Waals surface area contributed by atoms with E-state index < -0.39 is 17.6 Å². The first kappa shape index (κ1) is 14.4. The number of aromatic carboxylic acids is 1. The lowest BCUT2D eigenvalue weighted by Crippen LogP contribution is -2.12. The zero-order valence-electron chi connectivity index (χ0n) is 9.98. The highest BCUT2D eigenvalue weighted by atomic mass is 79.9. The number of benzene rings is 1. The second-order valence-corrected chi connectivity index (χ2v) is 4.70. The van der Waals surface area contributed by atoms with E-state index in [0.29, 0.717) is 0 Å².